The molecule has 1 N–H and O–H groups in total. The van der Waals surface area contributed by atoms with Gasteiger partial charge in [0.1, 0.15) is 0 Å². The van der Waals surface area contributed by atoms with Crippen LogP contribution in [-0.2, 0) is 14.8 Å². The first-order valence-electron chi connectivity index (χ1n) is 10.2. The Bertz CT molecular complexity index is 1200. The van der Waals surface area contributed by atoms with Gasteiger partial charge in [-0.25, -0.2) is 8.42 Å². The number of hydrogen-bond acceptors (Lipinski definition) is 3. The Kier molecular flexibility index (Phi) is 5.62. The molecule has 0 saturated carbocycles. The van der Waals surface area contributed by atoms with Crippen molar-refractivity contribution in [1.29, 1.82) is 0 Å². The monoisotopic (exact) mass is 422 g/mol. The van der Waals surface area contributed by atoms with Crippen LogP contribution in [-0.4, -0.2) is 31.7 Å². The number of nitrogens with zero attached hydrogens (tertiary/aromatic N) is 1. The molecule has 1 atom stereocenters. The second-order valence-corrected chi connectivity index (χ2v) is 9.89. The number of benzene rings is 3. The lowest BCUT2D eigenvalue weighted by Gasteiger charge is -2.31. The Hall–Kier alpha value is -2.70. The maximum atomic E-state index is 13.3. The van der Waals surface area contributed by atoms with Gasteiger partial charge < -0.3 is 5.32 Å². The summed E-state index contributed by atoms with van der Waals surface area (Å²) < 4.78 is 28.0. The number of rotatable bonds is 4. The summed E-state index contributed by atoms with van der Waals surface area (Å²) in [5, 5.41) is 4.89. The fourth-order valence-corrected chi connectivity index (χ4v) is 5.53. The summed E-state index contributed by atoms with van der Waals surface area (Å²) >= 11 is 0. The summed E-state index contributed by atoms with van der Waals surface area (Å²) in [6.07, 6.45) is 1.35. The Morgan fingerprint density at radius 2 is 1.77 bits per heavy atom. The van der Waals surface area contributed by atoms with E-state index in [1.807, 2.05) is 62.4 Å². The van der Waals surface area contributed by atoms with Crippen molar-refractivity contribution in [2.75, 3.05) is 18.4 Å². The van der Waals surface area contributed by atoms with Crippen LogP contribution in [0.1, 0.15) is 24.0 Å². The molecular formula is C24H26N2O3S. The van der Waals surface area contributed by atoms with E-state index in [1.165, 1.54) is 4.31 Å². The molecule has 156 valence electrons. The van der Waals surface area contributed by atoms with Crippen molar-refractivity contribution in [3.63, 3.8) is 0 Å². The van der Waals surface area contributed by atoms with Crippen molar-refractivity contribution in [3.05, 3.63) is 71.8 Å². The highest BCUT2D eigenvalue weighted by Gasteiger charge is 2.33. The summed E-state index contributed by atoms with van der Waals surface area (Å²) in [4.78, 5) is 13.2. The molecule has 0 bridgehead atoms. The zero-order valence-corrected chi connectivity index (χ0v) is 18.1. The van der Waals surface area contributed by atoms with Crippen molar-refractivity contribution in [2.24, 2.45) is 5.92 Å². The molecule has 1 fully saturated rings. The highest BCUT2D eigenvalue weighted by molar-refractivity contribution is 7.89. The molecule has 5 nitrogen and oxygen atoms in total. The quantitative estimate of drug-likeness (QED) is 0.673. The number of anilines is 1. The molecule has 0 aliphatic carbocycles. The second-order valence-electron chi connectivity index (χ2n) is 7.95. The van der Waals surface area contributed by atoms with E-state index in [0.717, 1.165) is 27.6 Å². The van der Waals surface area contributed by atoms with Crippen molar-refractivity contribution in [1.82, 2.24) is 4.31 Å². The molecule has 0 aromatic heterocycles. The second kappa shape index (κ2) is 8.20. The molecule has 1 saturated heterocycles. The van der Waals surface area contributed by atoms with E-state index in [9.17, 15) is 13.2 Å². The zero-order chi connectivity index (χ0) is 21.3. The molecular weight excluding hydrogens is 396 g/mol. The Labute approximate surface area is 177 Å². The summed E-state index contributed by atoms with van der Waals surface area (Å²) in [5.74, 6) is -0.490. The van der Waals surface area contributed by atoms with Gasteiger partial charge >= 0.3 is 0 Å². The van der Waals surface area contributed by atoms with Crippen LogP contribution in [0.2, 0.25) is 0 Å². The van der Waals surface area contributed by atoms with E-state index >= 15 is 0 Å². The molecule has 3 aromatic carbocycles. The number of piperidine rings is 1. The van der Waals surface area contributed by atoms with E-state index in [1.54, 1.807) is 12.1 Å². The van der Waals surface area contributed by atoms with Crippen molar-refractivity contribution < 1.29 is 13.2 Å². The summed E-state index contributed by atoms with van der Waals surface area (Å²) in [6, 6.07) is 18.7. The van der Waals surface area contributed by atoms with E-state index in [-0.39, 0.29) is 23.3 Å². The van der Waals surface area contributed by atoms with E-state index in [4.69, 9.17) is 0 Å². The number of hydrogen-bond donors (Lipinski definition) is 1. The fourth-order valence-electron chi connectivity index (χ4n) is 3.97. The molecule has 1 aliphatic heterocycles. The molecule has 1 heterocycles. The van der Waals surface area contributed by atoms with Crippen LogP contribution >= 0.6 is 0 Å². The van der Waals surface area contributed by atoms with Crippen LogP contribution in [0.5, 0.6) is 0 Å². The first-order chi connectivity index (χ1) is 14.4. The topological polar surface area (TPSA) is 66.5 Å². The zero-order valence-electron chi connectivity index (χ0n) is 17.3. The molecule has 1 aliphatic rings. The average molecular weight is 423 g/mol. The van der Waals surface area contributed by atoms with Crippen LogP contribution in [0, 0.1) is 19.8 Å². The fraction of sp³-hybridized carbons (Fsp3) is 0.292. The van der Waals surface area contributed by atoms with Crippen molar-refractivity contribution in [3.8, 4) is 0 Å². The normalized spacial score (nSPS) is 17.7. The highest BCUT2D eigenvalue weighted by Crippen LogP contribution is 2.27. The number of carbonyl (C=O) groups excluding carboxylic acids is 1. The number of carbonyl (C=O) groups is 1. The largest absolute Gasteiger partial charge is 0.326 e. The van der Waals surface area contributed by atoms with Gasteiger partial charge in [-0.2, -0.15) is 4.31 Å². The minimum absolute atomic E-state index is 0.123. The van der Waals surface area contributed by atoms with Gasteiger partial charge in [-0.1, -0.05) is 42.5 Å². The molecule has 0 unspecified atom stereocenters. The SMILES string of the molecule is Cc1cccc(NC(=O)[C@@H]2CCCN(S(=O)(=O)c3ccc4ccccc4c3)C2)c1C. The van der Waals surface area contributed by atoms with Gasteiger partial charge in [0, 0.05) is 18.8 Å². The lowest BCUT2D eigenvalue weighted by Crippen LogP contribution is -2.43. The van der Waals surface area contributed by atoms with Crippen molar-refractivity contribution >= 4 is 32.4 Å². The maximum absolute atomic E-state index is 13.3. The van der Waals surface area contributed by atoms with Gasteiger partial charge in [-0.3, -0.25) is 4.79 Å². The van der Waals surface area contributed by atoms with Crippen LogP contribution < -0.4 is 5.32 Å². The predicted octanol–water partition coefficient (Wildman–Crippen LogP) is 4.50. The molecule has 6 heteroatoms. The van der Waals surface area contributed by atoms with E-state index < -0.39 is 10.0 Å². The molecule has 0 spiro atoms. The van der Waals surface area contributed by atoms with Gasteiger partial charge in [0.2, 0.25) is 15.9 Å². The van der Waals surface area contributed by atoms with Crippen LogP contribution in [0.3, 0.4) is 0 Å². The summed E-state index contributed by atoms with van der Waals surface area (Å²) in [7, 11) is -3.65. The number of amides is 1. The number of aryl methyl sites for hydroxylation is 1. The molecule has 4 rings (SSSR count). The summed E-state index contributed by atoms with van der Waals surface area (Å²) in [5.41, 5.74) is 2.92. The Morgan fingerprint density at radius 1 is 1.00 bits per heavy atom. The Morgan fingerprint density at radius 3 is 2.57 bits per heavy atom. The minimum Gasteiger partial charge on any atom is -0.326 e. The first-order valence-corrected chi connectivity index (χ1v) is 11.7. The third kappa shape index (κ3) is 3.98. The van der Waals surface area contributed by atoms with Gasteiger partial charge in [0.25, 0.3) is 0 Å². The lowest BCUT2D eigenvalue weighted by atomic mass is 9.98. The van der Waals surface area contributed by atoms with Crippen LogP contribution in [0.25, 0.3) is 10.8 Å². The Balaban J connectivity index is 1.53. The third-order valence-electron chi connectivity index (χ3n) is 5.98. The molecule has 0 radical (unpaired) electrons. The van der Waals surface area contributed by atoms with E-state index in [2.05, 4.69) is 5.32 Å². The van der Waals surface area contributed by atoms with Gasteiger partial charge in [0.05, 0.1) is 10.8 Å². The first kappa shape index (κ1) is 20.6. The van der Waals surface area contributed by atoms with Crippen LogP contribution in [0.4, 0.5) is 5.69 Å². The molecule has 1 amide bonds. The summed E-state index contributed by atoms with van der Waals surface area (Å²) in [6.45, 7) is 4.61. The van der Waals surface area contributed by atoms with Crippen LogP contribution in [0.15, 0.2) is 65.6 Å². The van der Waals surface area contributed by atoms with E-state index in [0.29, 0.717) is 19.4 Å². The van der Waals surface area contributed by atoms with Crippen molar-refractivity contribution in [2.45, 2.75) is 31.6 Å². The van der Waals surface area contributed by atoms with Gasteiger partial charge in [-0.05, 0) is 66.8 Å². The molecule has 3 aromatic rings. The molecule has 30 heavy (non-hydrogen) atoms. The smallest absolute Gasteiger partial charge is 0.243 e. The highest BCUT2D eigenvalue weighted by atomic mass is 32.2. The third-order valence-corrected chi connectivity index (χ3v) is 7.84. The standard InChI is InChI=1S/C24H26N2O3S/c1-17-7-5-11-23(18(17)2)25-24(27)21-10-6-14-26(16-21)30(28,29)22-13-12-19-8-3-4-9-20(19)15-22/h3-5,7-9,11-13,15,21H,6,10,14,16H2,1-2H3,(H,25,27)/t21-/m1/s1. The average Bonchev–Trinajstić information content (AvgIpc) is 2.76. The number of sulfonamides is 1. The number of fused-ring (bicyclic) bond motifs is 1. The minimum atomic E-state index is -3.65. The van der Waals surface area contributed by atoms with Gasteiger partial charge in [-0.15, -0.1) is 0 Å². The number of nitrogens with one attached hydrogen (secondary N) is 1. The van der Waals surface area contributed by atoms with Gasteiger partial charge in [0.15, 0.2) is 0 Å². The maximum Gasteiger partial charge on any atom is 0.243 e. The predicted molar refractivity (Wildman–Crippen MR) is 120 cm³/mol. The lowest BCUT2D eigenvalue weighted by molar-refractivity contribution is -0.120.